The summed E-state index contributed by atoms with van der Waals surface area (Å²) >= 11 is 0. The molecule has 4 unspecified atom stereocenters. The number of hydrogen-bond donors (Lipinski definition) is 1. The normalized spacial score (nSPS) is 24.9. The molecule has 0 fully saturated rings. The molecule has 1 aromatic carbocycles. The first-order valence-corrected chi connectivity index (χ1v) is 9.73. The van der Waals surface area contributed by atoms with Gasteiger partial charge in [0.15, 0.2) is 0 Å². The zero-order chi connectivity index (χ0) is 15.2. The highest BCUT2D eigenvalue weighted by molar-refractivity contribution is 7.85. The third-order valence-electron chi connectivity index (χ3n) is 4.60. The van der Waals surface area contributed by atoms with E-state index in [1.54, 1.807) is 0 Å². The van der Waals surface area contributed by atoms with E-state index in [9.17, 15) is 4.21 Å². The van der Waals surface area contributed by atoms with Crippen molar-refractivity contribution >= 4 is 10.8 Å². The fraction of sp³-hybridized carbons (Fsp3) is 0.667. The Labute approximate surface area is 132 Å². The van der Waals surface area contributed by atoms with Crippen LogP contribution < -0.4 is 5.32 Å². The van der Waals surface area contributed by atoms with Gasteiger partial charge in [0, 0.05) is 22.6 Å². The van der Waals surface area contributed by atoms with Crippen LogP contribution in [0, 0.1) is 5.92 Å². The first kappa shape index (κ1) is 16.7. The second kappa shape index (κ2) is 8.09. The fourth-order valence-corrected chi connectivity index (χ4v) is 5.21. The third kappa shape index (κ3) is 4.17. The van der Waals surface area contributed by atoms with Crippen LogP contribution in [-0.2, 0) is 17.2 Å². The van der Waals surface area contributed by atoms with Crippen molar-refractivity contribution in [2.24, 2.45) is 5.92 Å². The molecule has 0 saturated carbocycles. The van der Waals surface area contributed by atoms with Gasteiger partial charge in [0.1, 0.15) is 0 Å². The summed E-state index contributed by atoms with van der Waals surface area (Å²) in [5.41, 5.74) is 2.81. The van der Waals surface area contributed by atoms with Crippen molar-refractivity contribution in [2.75, 3.05) is 12.3 Å². The van der Waals surface area contributed by atoms with Gasteiger partial charge in [0.05, 0.1) is 5.25 Å². The van der Waals surface area contributed by atoms with Crippen LogP contribution >= 0.6 is 0 Å². The van der Waals surface area contributed by atoms with E-state index in [2.05, 4.69) is 50.4 Å². The van der Waals surface area contributed by atoms with Gasteiger partial charge in [0.2, 0.25) is 0 Å². The standard InChI is InChI=1S/C18H29NOS/c1-4-14(3)13-21(20)17-12-8-10-15-9-6-7-11-16(15)18(17)19-5-2/h6-7,9,11,14,17-19H,4-5,8,10,12-13H2,1-3H3. The number of rotatable bonds is 6. The van der Waals surface area contributed by atoms with E-state index in [0.29, 0.717) is 5.92 Å². The Hall–Kier alpha value is -0.670. The van der Waals surface area contributed by atoms with Crippen molar-refractivity contribution in [3.63, 3.8) is 0 Å². The third-order valence-corrected chi connectivity index (χ3v) is 6.68. The van der Waals surface area contributed by atoms with Crippen LogP contribution in [-0.4, -0.2) is 21.8 Å². The van der Waals surface area contributed by atoms with Gasteiger partial charge in [-0.3, -0.25) is 4.21 Å². The van der Waals surface area contributed by atoms with Crippen LogP contribution in [0.15, 0.2) is 24.3 Å². The van der Waals surface area contributed by atoms with Gasteiger partial charge >= 0.3 is 0 Å². The number of aryl methyl sites for hydroxylation is 1. The van der Waals surface area contributed by atoms with E-state index < -0.39 is 10.8 Å². The van der Waals surface area contributed by atoms with Crippen LogP contribution in [0.2, 0.25) is 0 Å². The van der Waals surface area contributed by atoms with Crippen LogP contribution in [0.3, 0.4) is 0 Å². The summed E-state index contributed by atoms with van der Waals surface area (Å²) in [5.74, 6) is 1.39. The molecule has 1 aromatic rings. The van der Waals surface area contributed by atoms with Crippen molar-refractivity contribution in [3.8, 4) is 0 Å². The van der Waals surface area contributed by atoms with Crippen molar-refractivity contribution in [1.82, 2.24) is 5.32 Å². The molecule has 1 aliphatic rings. The largest absolute Gasteiger partial charge is 0.309 e. The van der Waals surface area contributed by atoms with Gasteiger partial charge in [-0.1, -0.05) is 51.5 Å². The number of fused-ring (bicyclic) bond motifs is 1. The Morgan fingerprint density at radius 1 is 1.33 bits per heavy atom. The number of nitrogens with one attached hydrogen (secondary N) is 1. The average molecular weight is 308 g/mol. The first-order chi connectivity index (χ1) is 10.2. The lowest BCUT2D eigenvalue weighted by molar-refractivity contribution is 0.500. The molecule has 0 bridgehead atoms. The van der Waals surface area contributed by atoms with Crippen molar-refractivity contribution < 1.29 is 4.21 Å². The molecule has 0 aliphatic heterocycles. The summed E-state index contributed by atoms with van der Waals surface area (Å²) in [6.07, 6.45) is 4.45. The summed E-state index contributed by atoms with van der Waals surface area (Å²) in [7, 11) is -0.749. The molecule has 3 heteroatoms. The Kier molecular flexibility index (Phi) is 6.43. The van der Waals surface area contributed by atoms with E-state index in [-0.39, 0.29) is 11.3 Å². The Morgan fingerprint density at radius 2 is 2.10 bits per heavy atom. The highest BCUT2D eigenvalue weighted by Gasteiger charge is 2.31. The molecule has 2 rings (SSSR count). The highest BCUT2D eigenvalue weighted by atomic mass is 32.2. The molecule has 1 aliphatic carbocycles. The number of benzene rings is 1. The lowest BCUT2D eigenvalue weighted by atomic mass is 9.99. The van der Waals surface area contributed by atoms with E-state index in [0.717, 1.165) is 38.0 Å². The molecule has 0 spiro atoms. The van der Waals surface area contributed by atoms with Gasteiger partial charge in [-0.25, -0.2) is 0 Å². The number of hydrogen-bond acceptors (Lipinski definition) is 2. The van der Waals surface area contributed by atoms with E-state index in [4.69, 9.17) is 0 Å². The Morgan fingerprint density at radius 3 is 2.81 bits per heavy atom. The molecule has 4 atom stereocenters. The molecule has 0 amide bonds. The van der Waals surface area contributed by atoms with Gasteiger partial charge in [-0.15, -0.1) is 0 Å². The van der Waals surface area contributed by atoms with Crippen LogP contribution in [0.5, 0.6) is 0 Å². The van der Waals surface area contributed by atoms with E-state index in [1.807, 2.05) is 0 Å². The van der Waals surface area contributed by atoms with Crippen LogP contribution in [0.4, 0.5) is 0 Å². The van der Waals surface area contributed by atoms with Crippen molar-refractivity contribution in [2.45, 2.75) is 57.7 Å². The van der Waals surface area contributed by atoms with Gasteiger partial charge in [-0.05, 0) is 42.9 Å². The van der Waals surface area contributed by atoms with Gasteiger partial charge in [-0.2, -0.15) is 0 Å². The first-order valence-electron chi connectivity index (χ1n) is 8.35. The second-order valence-corrected chi connectivity index (χ2v) is 7.93. The minimum atomic E-state index is -0.749. The summed E-state index contributed by atoms with van der Waals surface area (Å²) in [4.78, 5) is 0. The molecule has 21 heavy (non-hydrogen) atoms. The summed E-state index contributed by atoms with van der Waals surface area (Å²) in [6, 6.07) is 8.95. The second-order valence-electron chi connectivity index (χ2n) is 6.23. The lowest BCUT2D eigenvalue weighted by Gasteiger charge is -2.27. The lowest BCUT2D eigenvalue weighted by Crippen LogP contribution is -2.36. The maximum Gasteiger partial charge on any atom is 0.0543 e. The average Bonchev–Trinajstić information content (AvgIpc) is 2.67. The van der Waals surface area contributed by atoms with E-state index in [1.165, 1.54) is 11.1 Å². The van der Waals surface area contributed by atoms with Crippen LogP contribution in [0.1, 0.15) is 57.2 Å². The minimum Gasteiger partial charge on any atom is -0.309 e. The SMILES string of the molecule is CCNC1c2ccccc2CCCC1S(=O)CC(C)CC. The summed E-state index contributed by atoms with van der Waals surface area (Å²) in [6.45, 7) is 7.47. The monoisotopic (exact) mass is 307 g/mol. The van der Waals surface area contributed by atoms with Crippen molar-refractivity contribution in [3.05, 3.63) is 35.4 Å². The quantitative estimate of drug-likeness (QED) is 0.809. The zero-order valence-corrected chi connectivity index (χ0v) is 14.4. The predicted octanol–water partition coefficient (Wildman–Crippen LogP) is 3.84. The summed E-state index contributed by atoms with van der Waals surface area (Å²) in [5, 5.41) is 3.86. The zero-order valence-electron chi connectivity index (χ0n) is 13.6. The molecule has 0 radical (unpaired) electrons. The predicted molar refractivity (Wildman–Crippen MR) is 92.1 cm³/mol. The molecule has 0 heterocycles. The smallest absolute Gasteiger partial charge is 0.0543 e. The maximum absolute atomic E-state index is 12.9. The summed E-state index contributed by atoms with van der Waals surface area (Å²) < 4.78 is 12.9. The van der Waals surface area contributed by atoms with E-state index >= 15 is 0 Å². The Bertz CT molecular complexity index is 474. The molecular weight excluding hydrogens is 278 g/mol. The highest BCUT2D eigenvalue weighted by Crippen LogP contribution is 2.32. The minimum absolute atomic E-state index is 0.249. The van der Waals surface area contributed by atoms with Crippen molar-refractivity contribution in [1.29, 1.82) is 0 Å². The molecule has 0 aromatic heterocycles. The molecule has 118 valence electrons. The molecule has 2 nitrogen and oxygen atoms in total. The van der Waals surface area contributed by atoms with Gasteiger partial charge in [0.25, 0.3) is 0 Å². The molecule has 0 saturated heterocycles. The maximum atomic E-state index is 12.9. The fourth-order valence-electron chi connectivity index (χ4n) is 3.19. The van der Waals surface area contributed by atoms with Crippen LogP contribution in [0.25, 0.3) is 0 Å². The topological polar surface area (TPSA) is 29.1 Å². The van der Waals surface area contributed by atoms with Gasteiger partial charge < -0.3 is 5.32 Å². The molecular formula is C18H29NOS. The molecule has 1 N–H and O–H groups in total. The Balaban J connectivity index is 2.25.